The first kappa shape index (κ1) is 11.7. The number of benzene rings is 1. The minimum absolute atomic E-state index is 0.300. The van der Waals surface area contributed by atoms with Crippen LogP contribution >= 0.6 is 12.6 Å². The maximum atomic E-state index is 11.8. The largest absolute Gasteiger partial charge is 0.298 e. The van der Waals surface area contributed by atoms with E-state index in [0.29, 0.717) is 24.0 Å². The zero-order valence-corrected chi connectivity index (χ0v) is 10.2. The van der Waals surface area contributed by atoms with Crippen molar-refractivity contribution in [2.75, 3.05) is 19.6 Å². The van der Waals surface area contributed by atoms with E-state index in [9.17, 15) is 4.79 Å². The Hall–Kier alpha value is -0.800. The van der Waals surface area contributed by atoms with E-state index in [0.717, 1.165) is 25.1 Å². The first-order valence-electron chi connectivity index (χ1n) is 5.70. The van der Waals surface area contributed by atoms with E-state index in [1.807, 2.05) is 30.3 Å². The Morgan fingerprint density at radius 1 is 1.38 bits per heavy atom. The van der Waals surface area contributed by atoms with E-state index in [2.05, 4.69) is 17.5 Å². The molecular weight excluding hydrogens is 218 g/mol. The van der Waals surface area contributed by atoms with Gasteiger partial charge in [-0.2, -0.15) is 12.6 Å². The molecule has 1 aromatic rings. The highest BCUT2D eigenvalue weighted by atomic mass is 32.1. The third kappa shape index (κ3) is 3.35. The van der Waals surface area contributed by atoms with E-state index < -0.39 is 0 Å². The van der Waals surface area contributed by atoms with Crippen LogP contribution in [0.4, 0.5) is 0 Å². The summed E-state index contributed by atoms with van der Waals surface area (Å²) in [6.45, 7) is 2.53. The summed E-state index contributed by atoms with van der Waals surface area (Å²) in [6, 6.07) is 9.93. The van der Waals surface area contributed by atoms with Crippen molar-refractivity contribution in [2.45, 2.75) is 18.1 Å². The van der Waals surface area contributed by atoms with E-state index in [1.165, 1.54) is 0 Å². The monoisotopic (exact) mass is 235 g/mol. The van der Waals surface area contributed by atoms with Gasteiger partial charge in [-0.15, -0.1) is 0 Å². The summed E-state index contributed by atoms with van der Waals surface area (Å²) in [7, 11) is 0. The average molecular weight is 235 g/mol. The third-order valence-corrected chi connectivity index (χ3v) is 3.31. The van der Waals surface area contributed by atoms with E-state index >= 15 is 0 Å². The summed E-state index contributed by atoms with van der Waals surface area (Å²) in [5, 5.41) is 0.449. The number of thiol groups is 1. The molecule has 0 radical (unpaired) electrons. The number of likely N-dealkylation sites (tertiary alicyclic amines) is 1. The fourth-order valence-corrected chi connectivity index (χ4v) is 2.43. The molecule has 1 heterocycles. The van der Waals surface area contributed by atoms with Crippen LogP contribution < -0.4 is 0 Å². The summed E-state index contributed by atoms with van der Waals surface area (Å²) in [6.07, 6.45) is 1.65. The van der Waals surface area contributed by atoms with Gasteiger partial charge in [0, 0.05) is 18.2 Å². The lowest BCUT2D eigenvalue weighted by molar-refractivity contribution is -0.119. The molecule has 0 aliphatic carbocycles. The van der Waals surface area contributed by atoms with Crippen molar-refractivity contribution < 1.29 is 4.79 Å². The zero-order valence-electron chi connectivity index (χ0n) is 9.30. The molecule has 2 nitrogen and oxygen atoms in total. The average Bonchev–Trinajstić information content (AvgIpc) is 2.65. The summed E-state index contributed by atoms with van der Waals surface area (Å²) in [4.78, 5) is 14.0. The number of Topliss-reactive ketones (excluding diaryl/α,β-unsaturated/α-hetero) is 1. The molecule has 0 saturated carbocycles. The molecule has 1 aliphatic heterocycles. The van der Waals surface area contributed by atoms with Crippen molar-refractivity contribution in [3.8, 4) is 0 Å². The lowest BCUT2D eigenvalue weighted by Gasteiger charge is -2.13. The maximum absolute atomic E-state index is 11.8. The Labute approximate surface area is 102 Å². The van der Waals surface area contributed by atoms with Gasteiger partial charge in [0.2, 0.25) is 0 Å². The number of nitrogens with zero attached hydrogens (tertiary/aromatic N) is 1. The number of ketones is 1. The van der Waals surface area contributed by atoms with Crippen molar-refractivity contribution >= 4 is 18.4 Å². The Morgan fingerprint density at radius 2 is 2.12 bits per heavy atom. The highest BCUT2D eigenvalue weighted by Crippen LogP contribution is 2.14. The maximum Gasteiger partial charge on any atom is 0.151 e. The minimum Gasteiger partial charge on any atom is -0.298 e. The Balaban J connectivity index is 1.81. The number of carbonyl (C=O) groups is 1. The molecule has 0 bridgehead atoms. The van der Waals surface area contributed by atoms with E-state index in [-0.39, 0.29) is 0 Å². The molecular formula is C13H17NOS. The van der Waals surface area contributed by atoms with Gasteiger partial charge in [-0.3, -0.25) is 9.69 Å². The lowest BCUT2D eigenvalue weighted by atomic mass is 10.1. The Kier molecular flexibility index (Phi) is 4.02. The molecule has 16 heavy (non-hydrogen) atoms. The second kappa shape index (κ2) is 5.51. The normalized spacial score (nSPS) is 21.2. The number of hydrogen-bond donors (Lipinski definition) is 1. The van der Waals surface area contributed by atoms with Gasteiger partial charge >= 0.3 is 0 Å². The molecule has 1 saturated heterocycles. The summed E-state index contributed by atoms with van der Waals surface area (Å²) in [5.41, 5.74) is 1.11. The second-order valence-corrected chi connectivity index (χ2v) is 5.11. The van der Waals surface area contributed by atoms with Gasteiger partial charge in [0.05, 0.1) is 6.54 Å². The molecule has 86 valence electrons. The van der Waals surface area contributed by atoms with Gasteiger partial charge in [0.15, 0.2) is 5.78 Å². The summed E-state index contributed by atoms with van der Waals surface area (Å²) in [5.74, 6) is 0.300. The van der Waals surface area contributed by atoms with Crippen LogP contribution in [0.15, 0.2) is 30.3 Å². The van der Waals surface area contributed by atoms with Crippen LogP contribution in [0, 0.1) is 0 Å². The van der Waals surface area contributed by atoms with Crippen LogP contribution in [0.1, 0.15) is 12.0 Å². The quantitative estimate of drug-likeness (QED) is 0.803. The molecule has 0 amide bonds. The third-order valence-electron chi connectivity index (χ3n) is 2.89. The predicted molar refractivity (Wildman–Crippen MR) is 69.0 cm³/mol. The minimum atomic E-state index is 0.300. The van der Waals surface area contributed by atoms with Crippen molar-refractivity contribution in [1.29, 1.82) is 0 Å². The zero-order chi connectivity index (χ0) is 11.4. The fourth-order valence-electron chi connectivity index (χ4n) is 2.08. The smallest absolute Gasteiger partial charge is 0.151 e. The Morgan fingerprint density at radius 3 is 2.75 bits per heavy atom. The molecule has 1 aromatic carbocycles. The van der Waals surface area contributed by atoms with Crippen molar-refractivity contribution in [2.24, 2.45) is 0 Å². The number of carbonyl (C=O) groups excluding carboxylic acids is 1. The van der Waals surface area contributed by atoms with Gasteiger partial charge in [-0.1, -0.05) is 30.3 Å². The highest BCUT2D eigenvalue weighted by Gasteiger charge is 2.20. The van der Waals surface area contributed by atoms with Gasteiger partial charge in [0.25, 0.3) is 0 Å². The lowest BCUT2D eigenvalue weighted by Crippen LogP contribution is -2.28. The molecule has 0 spiro atoms. The Bertz CT molecular complexity index is 352. The molecule has 0 N–H and O–H groups in total. The first-order valence-corrected chi connectivity index (χ1v) is 6.22. The van der Waals surface area contributed by atoms with Crippen molar-refractivity contribution in [3.63, 3.8) is 0 Å². The van der Waals surface area contributed by atoms with E-state index in [1.54, 1.807) is 0 Å². The standard InChI is InChI=1S/C13H17NOS/c15-12(8-11-4-2-1-3-5-11)9-14-7-6-13(16)10-14/h1-5,13,16H,6-10H2. The van der Waals surface area contributed by atoms with Crippen LogP contribution in [0.25, 0.3) is 0 Å². The molecule has 1 aliphatic rings. The van der Waals surface area contributed by atoms with Gasteiger partial charge in [-0.05, 0) is 18.5 Å². The molecule has 1 fully saturated rings. The summed E-state index contributed by atoms with van der Waals surface area (Å²) >= 11 is 4.42. The van der Waals surface area contributed by atoms with E-state index in [4.69, 9.17) is 0 Å². The van der Waals surface area contributed by atoms with Crippen molar-refractivity contribution in [3.05, 3.63) is 35.9 Å². The van der Waals surface area contributed by atoms with Crippen LogP contribution in [0.5, 0.6) is 0 Å². The fraction of sp³-hybridized carbons (Fsp3) is 0.462. The van der Waals surface area contributed by atoms with Crippen LogP contribution in [-0.4, -0.2) is 35.6 Å². The second-order valence-electron chi connectivity index (χ2n) is 4.38. The SMILES string of the molecule is O=C(Cc1ccccc1)CN1CCC(S)C1. The highest BCUT2D eigenvalue weighted by molar-refractivity contribution is 7.81. The van der Waals surface area contributed by atoms with Crippen LogP contribution in [0.2, 0.25) is 0 Å². The van der Waals surface area contributed by atoms with Gasteiger partial charge in [0.1, 0.15) is 0 Å². The van der Waals surface area contributed by atoms with Gasteiger partial charge in [-0.25, -0.2) is 0 Å². The molecule has 0 aromatic heterocycles. The summed E-state index contributed by atoms with van der Waals surface area (Å²) < 4.78 is 0. The van der Waals surface area contributed by atoms with Gasteiger partial charge < -0.3 is 0 Å². The number of rotatable bonds is 4. The first-order chi connectivity index (χ1) is 7.74. The number of hydrogen-bond acceptors (Lipinski definition) is 3. The molecule has 1 unspecified atom stereocenters. The molecule has 3 heteroatoms. The van der Waals surface area contributed by atoms with Crippen LogP contribution in [0.3, 0.4) is 0 Å². The van der Waals surface area contributed by atoms with Crippen LogP contribution in [-0.2, 0) is 11.2 Å². The topological polar surface area (TPSA) is 20.3 Å². The molecule has 1 atom stereocenters. The predicted octanol–water partition coefficient (Wildman–Crippen LogP) is 1.80. The molecule has 2 rings (SSSR count). The van der Waals surface area contributed by atoms with Crippen molar-refractivity contribution in [1.82, 2.24) is 4.90 Å².